The molecular weight excluding hydrogens is 422 g/mol. The maximum Gasteiger partial charge on any atom is 0.341 e. The standard InChI is InChI=1S/C26H33NO6/c1-5-18(3)33-23-12-9-20(17-22(23)24(28)32-6-2)27-25(29)26(13-15-31-16-14-26)19-7-10-21(30-4)11-8-19/h7-12,17-18H,5-6,13-16H2,1-4H3,(H,27,29)/t18-/m0/s1. The van der Waals surface area contributed by atoms with Crippen LogP contribution in [0.2, 0.25) is 0 Å². The number of benzene rings is 2. The molecule has 0 aliphatic carbocycles. The Hall–Kier alpha value is -3.06. The second kappa shape index (κ2) is 11.2. The summed E-state index contributed by atoms with van der Waals surface area (Å²) in [5.41, 5.74) is 0.978. The van der Waals surface area contributed by atoms with Crippen LogP contribution in [0.4, 0.5) is 5.69 Å². The molecule has 0 unspecified atom stereocenters. The first-order valence-electron chi connectivity index (χ1n) is 11.4. The molecule has 3 rings (SSSR count). The highest BCUT2D eigenvalue weighted by atomic mass is 16.5. The van der Waals surface area contributed by atoms with Crippen molar-refractivity contribution in [2.24, 2.45) is 0 Å². The molecule has 1 atom stereocenters. The van der Waals surface area contributed by atoms with Gasteiger partial charge in [0.2, 0.25) is 5.91 Å². The quantitative estimate of drug-likeness (QED) is 0.550. The van der Waals surface area contributed by atoms with Gasteiger partial charge in [-0.1, -0.05) is 19.1 Å². The van der Waals surface area contributed by atoms with Crippen molar-refractivity contribution >= 4 is 17.6 Å². The molecule has 0 saturated carbocycles. The van der Waals surface area contributed by atoms with Crippen LogP contribution >= 0.6 is 0 Å². The van der Waals surface area contributed by atoms with Crippen molar-refractivity contribution in [2.75, 3.05) is 32.2 Å². The van der Waals surface area contributed by atoms with Crippen LogP contribution in [0.3, 0.4) is 0 Å². The van der Waals surface area contributed by atoms with Crippen molar-refractivity contribution in [3.63, 3.8) is 0 Å². The normalized spacial score (nSPS) is 15.9. The fraction of sp³-hybridized carbons (Fsp3) is 0.462. The summed E-state index contributed by atoms with van der Waals surface area (Å²) < 4.78 is 21.9. The molecule has 0 spiro atoms. The van der Waals surface area contributed by atoms with Crippen LogP contribution < -0.4 is 14.8 Å². The summed E-state index contributed by atoms with van der Waals surface area (Å²) in [6.45, 7) is 6.94. The van der Waals surface area contributed by atoms with E-state index in [0.29, 0.717) is 43.1 Å². The molecule has 33 heavy (non-hydrogen) atoms. The molecule has 0 aromatic heterocycles. The molecule has 1 N–H and O–H groups in total. The number of methoxy groups -OCH3 is 1. The van der Waals surface area contributed by atoms with Crippen molar-refractivity contribution < 1.29 is 28.5 Å². The van der Waals surface area contributed by atoms with Crippen LogP contribution in [-0.4, -0.2) is 44.9 Å². The van der Waals surface area contributed by atoms with Gasteiger partial charge in [-0.25, -0.2) is 4.79 Å². The lowest BCUT2D eigenvalue weighted by atomic mass is 9.73. The SMILES string of the molecule is CCOC(=O)c1cc(NC(=O)C2(c3ccc(OC)cc3)CCOCC2)ccc1O[C@@H](C)CC. The van der Waals surface area contributed by atoms with Gasteiger partial charge in [-0.3, -0.25) is 4.79 Å². The van der Waals surface area contributed by atoms with Crippen molar-refractivity contribution in [3.8, 4) is 11.5 Å². The van der Waals surface area contributed by atoms with Crippen molar-refractivity contribution in [2.45, 2.75) is 51.6 Å². The van der Waals surface area contributed by atoms with E-state index in [1.807, 2.05) is 38.1 Å². The van der Waals surface area contributed by atoms with Gasteiger partial charge in [-0.05, 0) is 69.0 Å². The Balaban J connectivity index is 1.91. The van der Waals surface area contributed by atoms with Gasteiger partial charge in [0.15, 0.2) is 0 Å². The zero-order chi connectivity index (χ0) is 23.8. The number of anilines is 1. The average Bonchev–Trinajstić information content (AvgIpc) is 2.85. The van der Waals surface area contributed by atoms with E-state index in [4.69, 9.17) is 18.9 Å². The number of ether oxygens (including phenoxy) is 4. The van der Waals surface area contributed by atoms with Crippen LogP contribution in [0.25, 0.3) is 0 Å². The largest absolute Gasteiger partial charge is 0.497 e. The highest BCUT2D eigenvalue weighted by Gasteiger charge is 2.42. The Bertz CT molecular complexity index is 950. The van der Waals surface area contributed by atoms with Gasteiger partial charge in [0, 0.05) is 18.9 Å². The van der Waals surface area contributed by atoms with Crippen LogP contribution in [0.5, 0.6) is 11.5 Å². The van der Waals surface area contributed by atoms with E-state index in [0.717, 1.165) is 17.7 Å². The second-order valence-corrected chi connectivity index (χ2v) is 8.15. The molecule has 1 aliphatic rings. The molecule has 1 heterocycles. The summed E-state index contributed by atoms with van der Waals surface area (Å²) >= 11 is 0. The number of hydrogen-bond donors (Lipinski definition) is 1. The van der Waals surface area contributed by atoms with Gasteiger partial charge in [-0.2, -0.15) is 0 Å². The van der Waals surface area contributed by atoms with E-state index >= 15 is 0 Å². The molecule has 2 aromatic carbocycles. The lowest BCUT2D eigenvalue weighted by molar-refractivity contribution is -0.125. The molecule has 1 saturated heterocycles. The number of esters is 1. The van der Waals surface area contributed by atoms with Crippen molar-refractivity contribution in [1.82, 2.24) is 0 Å². The molecule has 1 fully saturated rings. The zero-order valence-electron chi connectivity index (χ0n) is 19.8. The van der Waals surface area contributed by atoms with Gasteiger partial charge in [0.25, 0.3) is 0 Å². The Morgan fingerprint density at radius 3 is 2.39 bits per heavy atom. The summed E-state index contributed by atoms with van der Waals surface area (Å²) in [5, 5.41) is 3.02. The number of carbonyl (C=O) groups is 2. The molecule has 178 valence electrons. The smallest absolute Gasteiger partial charge is 0.341 e. The monoisotopic (exact) mass is 455 g/mol. The van der Waals surface area contributed by atoms with Gasteiger partial charge in [0.05, 0.1) is 25.2 Å². The minimum atomic E-state index is -0.736. The molecule has 1 amide bonds. The lowest BCUT2D eigenvalue weighted by Crippen LogP contribution is -2.44. The number of amides is 1. The number of nitrogens with one attached hydrogen (secondary N) is 1. The molecule has 0 bridgehead atoms. The van der Waals surface area contributed by atoms with E-state index < -0.39 is 11.4 Å². The number of rotatable bonds is 9. The molecular formula is C26H33NO6. The minimum Gasteiger partial charge on any atom is -0.497 e. The van der Waals surface area contributed by atoms with Gasteiger partial charge in [-0.15, -0.1) is 0 Å². The van der Waals surface area contributed by atoms with E-state index in [2.05, 4.69) is 5.32 Å². The third-order valence-electron chi connectivity index (χ3n) is 6.06. The van der Waals surface area contributed by atoms with Crippen LogP contribution in [-0.2, 0) is 19.7 Å². The molecule has 7 nitrogen and oxygen atoms in total. The van der Waals surface area contributed by atoms with Crippen LogP contribution in [0, 0.1) is 0 Å². The third-order valence-corrected chi connectivity index (χ3v) is 6.06. The van der Waals surface area contributed by atoms with E-state index in [1.165, 1.54) is 0 Å². The Kier molecular flexibility index (Phi) is 8.33. The van der Waals surface area contributed by atoms with E-state index in [9.17, 15) is 9.59 Å². The summed E-state index contributed by atoms with van der Waals surface area (Å²) in [6.07, 6.45) is 1.86. The van der Waals surface area contributed by atoms with Crippen molar-refractivity contribution in [1.29, 1.82) is 0 Å². The first kappa shape index (κ1) is 24.6. The number of hydrogen-bond acceptors (Lipinski definition) is 6. The average molecular weight is 456 g/mol. The summed E-state index contributed by atoms with van der Waals surface area (Å²) in [6, 6.07) is 12.7. The van der Waals surface area contributed by atoms with E-state index in [1.54, 1.807) is 32.2 Å². The van der Waals surface area contributed by atoms with Gasteiger partial charge >= 0.3 is 5.97 Å². The molecule has 2 aromatic rings. The lowest BCUT2D eigenvalue weighted by Gasteiger charge is -2.36. The fourth-order valence-electron chi connectivity index (χ4n) is 3.91. The minimum absolute atomic E-state index is 0.0563. The summed E-state index contributed by atoms with van der Waals surface area (Å²) in [7, 11) is 1.61. The van der Waals surface area contributed by atoms with Gasteiger partial charge < -0.3 is 24.3 Å². The first-order valence-corrected chi connectivity index (χ1v) is 11.4. The fourth-order valence-corrected chi connectivity index (χ4v) is 3.91. The molecule has 0 radical (unpaired) electrons. The third kappa shape index (κ3) is 5.66. The van der Waals surface area contributed by atoms with Crippen LogP contribution in [0.1, 0.15) is 56.0 Å². The Morgan fingerprint density at radius 1 is 1.09 bits per heavy atom. The summed E-state index contributed by atoms with van der Waals surface area (Å²) in [4.78, 5) is 26.2. The topological polar surface area (TPSA) is 83.1 Å². The first-order chi connectivity index (χ1) is 15.9. The predicted molar refractivity (Wildman–Crippen MR) is 126 cm³/mol. The molecule has 7 heteroatoms. The maximum atomic E-state index is 13.6. The highest BCUT2D eigenvalue weighted by molar-refractivity contribution is 6.01. The van der Waals surface area contributed by atoms with E-state index in [-0.39, 0.29) is 18.6 Å². The van der Waals surface area contributed by atoms with Gasteiger partial charge in [0.1, 0.15) is 17.1 Å². The maximum absolute atomic E-state index is 13.6. The Morgan fingerprint density at radius 2 is 1.79 bits per heavy atom. The Labute approximate surface area is 195 Å². The highest BCUT2D eigenvalue weighted by Crippen LogP contribution is 2.37. The molecule has 1 aliphatic heterocycles. The number of carbonyl (C=O) groups excluding carboxylic acids is 2. The summed E-state index contributed by atoms with van der Waals surface area (Å²) in [5.74, 6) is 0.554. The zero-order valence-corrected chi connectivity index (χ0v) is 19.8. The predicted octanol–water partition coefficient (Wildman–Crippen LogP) is 4.74. The second-order valence-electron chi connectivity index (χ2n) is 8.15. The van der Waals surface area contributed by atoms with Crippen LogP contribution in [0.15, 0.2) is 42.5 Å². The van der Waals surface area contributed by atoms with Crippen molar-refractivity contribution in [3.05, 3.63) is 53.6 Å².